The summed E-state index contributed by atoms with van der Waals surface area (Å²) in [6.07, 6.45) is -3.92. The fraction of sp³-hybridized carbons (Fsp3) is 0.500. The molecule has 250 valence electrons. The molecule has 0 spiro atoms. The van der Waals surface area contributed by atoms with E-state index in [4.69, 9.17) is 9.47 Å². The van der Waals surface area contributed by atoms with Crippen LogP contribution >= 0.6 is 0 Å². The maximum atomic E-state index is 13.7. The van der Waals surface area contributed by atoms with Crippen molar-refractivity contribution in [1.29, 1.82) is 0 Å². The Labute approximate surface area is 261 Å². The van der Waals surface area contributed by atoms with Gasteiger partial charge >= 0.3 is 24.4 Å². The Morgan fingerprint density at radius 2 is 1.57 bits per heavy atom. The van der Waals surface area contributed by atoms with Gasteiger partial charge in [0.05, 0.1) is 30.0 Å². The summed E-state index contributed by atoms with van der Waals surface area (Å²) in [5.41, 5.74) is -3.51. The van der Waals surface area contributed by atoms with Crippen LogP contribution in [0.1, 0.15) is 57.2 Å². The number of rotatable bonds is 9. The van der Waals surface area contributed by atoms with E-state index >= 15 is 0 Å². The lowest BCUT2D eigenvalue weighted by Crippen LogP contribution is -2.46. The first-order valence-electron chi connectivity index (χ1n) is 14.5. The van der Waals surface area contributed by atoms with Crippen molar-refractivity contribution >= 4 is 18.0 Å². The first kappa shape index (κ1) is 34.5. The molecule has 0 bridgehead atoms. The van der Waals surface area contributed by atoms with E-state index in [0.717, 1.165) is 0 Å². The molecule has 2 aromatic heterocycles. The van der Waals surface area contributed by atoms with E-state index in [0.29, 0.717) is 29.7 Å². The van der Waals surface area contributed by atoms with Crippen LogP contribution in [0.2, 0.25) is 0 Å². The average Bonchev–Trinajstić information content (AvgIpc) is 3.61. The van der Waals surface area contributed by atoms with Crippen molar-refractivity contribution in [1.82, 2.24) is 24.6 Å². The summed E-state index contributed by atoms with van der Waals surface area (Å²) >= 11 is 0. The first-order valence-corrected chi connectivity index (χ1v) is 14.5. The Morgan fingerprint density at radius 1 is 0.957 bits per heavy atom. The van der Waals surface area contributed by atoms with Gasteiger partial charge in [0.1, 0.15) is 0 Å². The zero-order chi connectivity index (χ0) is 34.0. The van der Waals surface area contributed by atoms with E-state index in [1.807, 2.05) is 6.92 Å². The molecule has 1 aliphatic heterocycles. The highest BCUT2D eigenvalue weighted by atomic mass is 19.4. The Kier molecular flexibility index (Phi) is 9.87. The van der Waals surface area contributed by atoms with E-state index in [-0.39, 0.29) is 37.2 Å². The second-order valence-electron chi connectivity index (χ2n) is 11.4. The molecule has 1 aromatic carbocycles. The molecule has 2 atom stereocenters. The molecule has 10 nitrogen and oxygen atoms in total. The molecule has 1 saturated heterocycles. The van der Waals surface area contributed by atoms with Crippen LogP contribution in [0.15, 0.2) is 43.0 Å². The second kappa shape index (κ2) is 13.2. The summed E-state index contributed by atoms with van der Waals surface area (Å²) < 4.78 is 94.1. The van der Waals surface area contributed by atoms with Crippen molar-refractivity contribution in [2.45, 2.75) is 77.1 Å². The number of hydrogen-bond acceptors (Lipinski definition) is 8. The highest BCUT2D eigenvalue weighted by molar-refractivity contribution is 5.82. The molecule has 3 heterocycles. The fourth-order valence-corrected chi connectivity index (χ4v) is 5.21. The molecule has 16 heteroatoms. The van der Waals surface area contributed by atoms with E-state index in [1.165, 1.54) is 36.0 Å². The minimum absolute atomic E-state index is 0.0283. The molecule has 2 unspecified atom stereocenters. The lowest BCUT2D eigenvalue weighted by Gasteiger charge is -2.30. The number of hydrogen-bond donors (Lipinski definition) is 0. The normalized spacial score (nSPS) is 17.2. The number of nitrogens with zero attached hydrogens (tertiary/aromatic N) is 6. The molecule has 3 aromatic rings. The predicted octanol–water partition coefficient (Wildman–Crippen LogP) is 6.25. The van der Waals surface area contributed by atoms with Gasteiger partial charge in [-0.05, 0) is 57.4 Å². The highest BCUT2D eigenvalue weighted by Crippen LogP contribution is 2.38. The van der Waals surface area contributed by atoms with Crippen LogP contribution in [-0.4, -0.2) is 67.5 Å². The number of carbonyl (C=O) groups is 2. The van der Waals surface area contributed by atoms with Gasteiger partial charge in [0, 0.05) is 55.9 Å². The van der Waals surface area contributed by atoms with Crippen LogP contribution in [0.5, 0.6) is 0 Å². The number of anilines is 1. The van der Waals surface area contributed by atoms with Gasteiger partial charge in [0.25, 0.3) is 0 Å². The highest BCUT2D eigenvalue weighted by Gasteiger charge is 2.43. The molecule has 1 aliphatic rings. The molecule has 1 amide bonds. The van der Waals surface area contributed by atoms with E-state index < -0.39 is 59.8 Å². The van der Waals surface area contributed by atoms with Crippen LogP contribution in [-0.2, 0) is 40.2 Å². The van der Waals surface area contributed by atoms with Crippen LogP contribution in [0.25, 0.3) is 11.1 Å². The van der Waals surface area contributed by atoms with E-state index in [9.17, 15) is 35.9 Å². The van der Waals surface area contributed by atoms with Gasteiger partial charge in [-0.1, -0.05) is 6.92 Å². The van der Waals surface area contributed by atoms with Crippen molar-refractivity contribution < 1.29 is 45.4 Å². The largest absolute Gasteiger partial charge is 0.463 e. The number of amides is 1. The zero-order valence-corrected chi connectivity index (χ0v) is 25.8. The Hall–Kier alpha value is -4.37. The lowest BCUT2D eigenvalue weighted by molar-refractivity contribution is -0.162. The number of ether oxygens (including phenoxy) is 2. The standard InChI is InChI=1S/C30H34F6N6O4/c1-6-23-11-24(17-42(23)27(44)46-28(3,4)25(43)45-7-2)41(26-37-12-19(13-38-26)20-14-39-40(5)16-20)15-18-8-21(29(31,32)33)10-22(9-18)30(34,35)36/h8-10,12-14,16,23-24H,6-7,11,15,17H2,1-5H3. The topological polar surface area (TPSA) is 103 Å². The summed E-state index contributed by atoms with van der Waals surface area (Å²) in [4.78, 5) is 37.3. The predicted molar refractivity (Wildman–Crippen MR) is 153 cm³/mol. The average molecular weight is 657 g/mol. The summed E-state index contributed by atoms with van der Waals surface area (Å²) in [7, 11) is 1.72. The molecule has 0 radical (unpaired) electrons. The Balaban J connectivity index is 1.71. The molecule has 1 fully saturated rings. The van der Waals surface area contributed by atoms with E-state index in [2.05, 4.69) is 15.1 Å². The molecule has 0 aliphatic carbocycles. The smallest absolute Gasteiger partial charge is 0.416 e. The van der Waals surface area contributed by atoms with Gasteiger partial charge in [-0.25, -0.2) is 19.6 Å². The number of carbonyl (C=O) groups excluding carboxylic acids is 2. The number of esters is 1. The minimum atomic E-state index is -5.03. The van der Waals surface area contributed by atoms with Crippen molar-refractivity contribution in [3.63, 3.8) is 0 Å². The Bertz CT molecular complexity index is 1510. The number of halogens is 6. The molecular weight excluding hydrogens is 622 g/mol. The zero-order valence-electron chi connectivity index (χ0n) is 25.8. The number of alkyl halides is 6. The third-order valence-corrected chi connectivity index (χ3v) is 7.58. The lowest BCUT2D eigenvalue weighted by atomic mass is 10.0. The second-order valence-corrected chi connectivity index (χ2v) is 11.4. The van der Waals surface area contributed by atoms with Gasteiger partial charge in [-0.2, -0.15) is 31.4 Å². The van der Waals surface area contributed by atoms with Gasteiger partial charge in [-0.15, -0.1) is 0 Å². The summed E-state index contributed by atoms with van der Waals surface area (Å²) in [6.45, 7) is 5.79. The quantitative estimate of drug-likeness (QED) is 0.197. The monoisotopic (exact) mass is 656 g/mol. The number of likely N-dealkylation sites (tertiary alicyclic amines) is 1. The fourth-order valence-electron chi connectivity index (χ4n) is 5.21. The number of aryl methyl sites for hydroxylation is 1. The summed E-state index contributed by atoms with van der Waals surface area (Å²) in [5, 5.41) is 4.10. The van der Waals surface area contributed by atoms with Gasteiger partial charge in [0.15, 0.2) is 0 Å². The van der Waals surface area contributed by atoms with Crippen LogP contribution < -0.4 is 4.90 Å². The SMILES string of the molecule is CCOC(=O)C(C)(C)OC(=O)N1CC(N(Cc2cc(C(F)(F)F)cc(C(F)(F)F)c2)c2ncc(-c3cnn(C)c3)cn2)CC1CC. The van der Waals surface area contributed by atoms with Crippen molar-refractivity contribution in [2.75, 3.05) is 18.1 Å². The van der Waals surface area contributed by atoms with Crippen molar-refractivity contribution in [3.05, 3.63) is 59.7 Å². The first-order chi connectivity index (χ1) is 21.4. The van der Waals surface area contributed by atoms with E-state index in [1.54, 1.807) is 31.0 Å². The third kappa shape index (κ3) is 7.88. The third-order valence-electron chi connectivity index (χ3n) is 7.58. The van der Waals surface area contributed by atoms with Gasteiger partial charge in [-0.3, -0.25) is 4.68 Å². The molecule has 46 heavy (non-hydrogen) atoms. The number of benzene rings is 1. The van der Waals surface area contributed by atoms with Gasteiger partial charge in [0.2, 0.25) is 11.5 Å². The summed E-state index contributed by atoms with van der Waals surface area (Å²) in [5.74, 6) is -0.721. The number of aromatic nitrogens is 4. The summed E-state index contributed by atoms with van der Waals surface area (Å²) in [6, 6.07) is 0.314. The van der Waals surface area contributed by atoms with Crippen molar-refractivity contribution in [2.24, 2.45) is 7.05 Å². The molecule has 0 N–H and O–H groups in total. The Morgan fingerprint density at radius 3 is 2.07 bits per heavy atom. The molecule has 4 rings (SSSR count). The van der Waals surface area contributed by atoms with Crippen LogP contribution in [0.4, 0.5) is 37.1 Å². The maximum Gasteiger partial charge on any atom is 0.416 e. The molecule has 0 saturated carbocycles. The maximum absolute atomic E-state index is 13.7. The van der Waals surface area contributed by atoms with Crippen molar-refractivity contribution in [3.8, 4) is 11.1 Å². The van der Waals surface area contributed by atoms with Gasteiger partial charge < -0.3 is 19.3 Å². The van der Waals surface area contributed by atoms with Crippen LogP contribution in [0.3, 0.4) is 0 Å². The van der Waals surface area contributed by atoms with Crippen LogP contribution in [0, 0.1) is 0 Å². The molecular formula is C30H34F6N6O4. The minimum Gasteiger partial charge on any atom is -0.463 e.